The second-order valence-electron chi connectivity index (χ2n) is 6.17. The molecular weight excluding hydrogens is 421 g/mol. The van der Waals surface area contributed by atoms with Gasteiger partial charge in [0.1, 0.15) is 0 Å². The van der Waals surface area contributed by atoms with Gasteiger partial charge in [-0.1, -0.05) is 41.4 Å². The third kappa shape index (κ3) is 5.05. The Bertz CT molecular complexity index is 1100. The van der Waals surface area contributed by atoms with E-state index < -0.39 is 15.9 Å². The number of carbonyl (C=O) groups is 1. The Morgan fingerprint density at radius 3 is 2.61 bits per heavy atom. The summed E-state index contributed by atoms with van der Waals surface area (Å²) in [5, 5.41) is 4.27. The van der Waals surface area contributed by atoms with Crippen LogP contribution in [0.4, 0.5) is 0 Å². The Hall–Kier alpha value is -2.06. The summed E-state index contributed by atoms with van der Waals surface area (Å²) in [5.74, 6) is -0.402. The Labute approximate surface area is 173 Å². The fraction of sp³-hybridized carbons (Fsp3) is 0.211. The Morgan fingerprint density at radius 2 is 1.82 bits per heavy atom. The largest absolute Gasteiger partial charge is 0.355 e. The molecule has 0 aliphatic carbocycles. The molecule has 9 heteroatoms. The lowest BCUT2D eigenvalue weighted by Crippen LogP contribution is -2.37. The molecule has 0 aliphatic rings. The zero-order valence-electron chi connectivity index (χ0n) is 14.9. The smallest absolute Gasteiger partial charge is 0.241 e. The van der Waals surface area contributed by atoms with Gasteiger partial charge in [-0.25, -0.2) is 13.1 Å². The topological polar surface area (TPSA) is 80.2 Å². The van der Waals surface area contributed by atoms with Crippen LogP contribution in [0.15, 0.2) is 59.6 Å². The van der Waals surface area contributed by atoms with E-state index in [9.17, 15) is 13.2 Å². The third-order valence-electron chi connectivity index (χ3n) is 4.20. The van der Waals surface area contributed by atoms with Gasteiger partial charge in [0.15, 0.2) is 0 Å². The van der Waals surface area contributed by atoms with Gasteiger partial charge in [-0.3, -0.25) is 4.79 Å². The minimum Gasteiger partial charge on any atom is -0.355 e. The maximum atomic E-state index is 12.2. The maximum Gasteiger partial charge on any atom is 0.241 e. The molecule has 0 fully saturated rings. The van der Waals surface area contributed by atoms with E-state index in [2.05, 4.69) is 14.6 Å². The van der Waals surface area contributed by atoms with Crippen molar-refractivity contribution in [3.05, 3.63) is 64.8 Å². The van der Waals surface area contributed by atoms with Crippen molar-refractivity contribution in [2.75, 3.05) is 13.1 Å². The number of halogens is 2. The number of aromatic nitrogens is 1. The molecule has 28 heavy (non-hydrogen) atoms. The normalized spacial score (nSPS) is 11.6. The molecule has 0 aliphatic heterocycles. The van der Waals surface area contributed by atoms with E-state index in [-0.39, 0.29) is 21.5 Å². The highest BCUT2D eigenvalue weighted by molar-refractivity contribution is 7.89. The number of rotatable bonds is 8. The lowest BCUT2D eigenvalue weighted by atomic mass is 10.2. The first kappa shape index (κ1) is 20.7. The molecule has 0 atom stereocenters. The summed E-state index contributed by atoms with van der Waals surface area (Å²) >= 11 is 11.6. The average Bonchev–Trinajstić information content (AvgIpc) is 3.09. The second-order valence-corrected chi connectivity index (χ2v) is 8.75. The van der Waals surface area contributed by atoms with Crippen LogP contribution in [-0.4, -0.2) is 32.0 Å². The van der Waals surface area contributed by atoms with Crippen LogP contribution in [0.2, 0.25) is 10.0 Å². The number of aryl methyl sites for hydroxylation is 1. The third-order valence-corrected chi connectivity index (χ3v) is 6.34. The molecule has 2 aromatic carbocycles. The van der Waals surface area contributed by atoms with Crippen LogP contribution in [0, 0.1) is 0 Å². The van der Waals surface area contributed by atoms with Gasteiger partial charge in [0.2, 0.25) is 15.9 Å². The van der Waals surface area contributed by atoms with Gasteiger partial charge in [-0.2, -0.15) is 0 Å². The number of hydrogen-bond donors (Lipinski definition) is 2. The highest BCUT2D eigenvalue weighted by Gasteiger charge is 2.16. The molecule has 3 aromatic rings. The van der Waals surface area contributed by atoms with E-state index in [1.54, 1.807) is 0 Å². The summed E-state index contributed by atoms with van der Waals surface area (Å²) in [6, 6.07) is 14.1. The molecule has 0 unspecified atom stereocenters. The van der Waals surface area contributed by atoms with Gasteiger partial charge < -0.3 is 9.88 Å². The van der Waals surface area contributed by atoms with Crippen LogP contribution in [0.3, 0.4) is 0 Å². The Kier molecular flexibility index (Phi) is 6.61. The van der Waals surface area contributed by atoms with Crippen LogP contribution >= 0.6 is 23.2 Å². The fourth-order valence-corrected chi connectivity index (χ4v) is 4.13. The first-order valence-electron chi connectivity index (χ1n) is 8.62. The molecule has 1 aromatic heterocycles. The number of amides is 1. The number of nitrogens with one attached hydrogen (secondary N) is 2. The van der Waals surface area contributed by atoms with E-state index in [4.69, 9.17) is 23.2 Å². The minimum absolute atomic E-state index is 0.0471. The summed E-state index contributed by atoms with van der Waals surface area (Å²) in [7, 11) is -3.84. The molecule has 0 radical (unpaired) electrons. The first-order chi connectivity index (χ1) is 13.4. The second kappa shape index (κ2) is 8.96. The van der Waals surface area contributed by atoms with Gasteiger partial charge in [0, 0.05) is 24.8 Å². The predicted molar refractivity (Wildman–Crippen MR) is 111 cm³/mol. The van der Waals surface area contributed by atoms with E-state index in [0.29, 0.717) is 6.54 Å². The number of fused-ring (bicyclic) bond motifs is 1. The van der Waals surface area contributed by atoms with Crippen LogP contribution < -0.4 is 10.0 Å². The highest BCUT2D eigenvalue weighted by atomic mass is 35.5. The van der Waals surface area contributed by atoms with Crippen molar-refractivity contribution in [3.8, 4) is 0 Å². The predicted octanol–water partition coefficient (Wildman–Crippen LogP) is 3.43. The van der Waals surface area contributed by atoms with Gasteiger partial charge >= 0.3 is 0 Å². The molecule has 1 amide bonds. The van der Waals surface area contributed by atoms with Crippen molar-refractivity contribution in [3.63, 3.8) is 0 Å². The fourth-order valence-electron chi connectivity index (χ4n) is 2.76. The van der Waals surface area contributed by atoms with Crippen molar-refractivity contribution >= 4 is 50.0 Å². The first-order valence-corrected chi connectivity index (χ1v) is 10.9. The Balaban J connectivity index is 1.44. The van der Waals surface area contributed by atoms with Gasteiger partial charge in [-0.15, -0.1) is 0 Å². The summed E-state index contributed by atoms with van der Waals surface area (Å²) in [5.41, 5.74) is 1.14. The molecular formula is C19H19Cl2N3O3S. The molecule has 3 rings (SSSR count). The molecule has 0 spiro atoms. The molecule has 0 saturated heterocycles. The maximum absolute atomic E-state index is 12.2. The van der Waals surface area contributed by atoms with Crippen molar-refractivity contribution in [1.29, 1.82) is 0 Å². The minimum atomic E-state index is -3.84. The number of benzene rings is 2. The zero-order valence-corrected chi connectivity index (χ0v) is 17.2. The monoisotopic (exact) mass is 439 g/mol. The summed E-state index contributed by atoms with van der Waals surface area (Å²) in [6.07, 6.45) is 2.74. The average molecular weight is 440 g/mol. The van der Waals surface area contributed by atoms with Crippen LogP contribution in [0.25, 0.3) is 10.9 Å². The van der Waals surface area contributed by atoms with Crippen LogP contribution in [-0.2, 0) is 21.4 Å². The standard InChI is InChI=1S/C19H19Cl2N3O3S/c20-16-7-6-15(12-17(16)21)28(26,27)23-13-19(25)22-9-3-10-24-11-8-14-4-1-2-5-18(14)24/h1-2,4-8,11-12,23H,3,9-10,13H2,(H,22,25). The number of nitrogens with zero attached hydrogens (tertiary/aromatic N) is 1. The molecule has 148 valence electrons. The number of hydrogen-bond acceptors (Lipinski definition) is 3. The lowest BCUT2D eigenvalue weighted by molar-refractivity contribution is -0.119. The number of carbonyl (C=O) groups excluding carboxylic acids is 1. The van der Waals surface area contributed by atoms with Gasteiger partial charge in [0.25, 0.3) is 0 Å². The summed E-state index contributed by atoms with van der Waals surface area (Å²) in [4.78, 5) is 11.9. The van der Waals surface area contributed by atoms with Crippen molar-refractivity contribution in [2.45, 2.75) is 17.9 Å². The van der Waals surface area contributed by atoms with Gasteiger partial charge in [-0.05, 0) is 42.1 Å². The highest BCUT2D eigenvalue weighted by Crippen LogP contribution is 2.24. The van der Waals surface area contributed by atoms with Crippen LogP contribution in [0.5, 0.6) is 0 Å². The number of para-hydroxylation sites is 1. The van der Waals surface area contributed by atoms with Crippen LogP contribution in [0.1, 0.15) is 6.42 Å². The Morgan fingerprint density at radius 1 is 1.04 bits per heavy atom. The van der Waals surface area contributed by atoms with Gasteiger partial charge in [0.05, 0.1) is 21.5 Å². The SMILES string of the molecule is O=C(CNS(=O)(=O)c1ccc(Cl)c(Cl)c1)NCCCn1ccc2ccccc21. The summed E-state index contributed by atoms with van der Waals surface area (Å²) < 4.78 is 28.8. The van der Waals surface area contributed by atoms with E-state index in [0.717, 1.165) is 18.5 Å². The summed E-state index contributed by atoms with van der Waals surface area (Å²) in [6.45, 7) is 0.845. The quantitative estimate of drug-likeness (QED) is 0.527. The molecule has 2 N–H and O–H groups in total. The van der Waals surface area contributed by atoms with Crippen molar-refractivity contribution in [2.24, 2.45) is 0 Å². The van der Waals surface area contributed by atoms with E-state index >= 15 is 0 Å². The zero-order chi connectivity index (χ0) is 20.1. The molecule has 0 saturated carbocycles. The molecule has 0 bridgehead atoms. The van der Waals surface area contributed by atoms with E-state index in [1.807, 2.05) is 36.5 Å². The van der Waals surface area contributed by atoms with E-state index in [1.165, 1.54) is 23.6 Å². The van der Waals surface area contributed by atoms with Crippen molar-refractivity contribution in [1.82, 2.24) is 14.6 Å². The number of sulfonamides is 1. The molecule has 1 heterocycles. The lowest BCUT2D eigenvalue weighted by Gasteiger charge is -2.09. The van der Waals surface area contributed by atoms with Crippen molar-refractivity contribution < 1.29 is 13.2 Å². The molecule has 6 nitrogen and oxygen atoms in total.